The van der Waals surface area contributed by atoms with Crippen LogP contribution < -0.4 is 4.90 Å². The number of anilines is 3. The van der Waals surface area contributed by atoms with E-state index in [2.05, 4.69) is 314 Å². The van der Waals surface area contributed by atoms with Crippen molar-refractivity contribution in [2.24, 2.45) is 0 Å². The minimum atomic E-state index is -0.576. The van der Waals surface area contributed by atoms with Crippen molar-refractivity contribution >= 4 is 51.0 Å². The lowest BCUT2D eigenvalue weighted by atomic mass is 9.67. The van der Waals surface area contributed by atoms with Gasteiger partial charge in [0.25, 0.3) is 0 Å². The lowest BCUT2D eigenvalue weighted by Crippen LogP contribution is -2.31. The summed E-state index contributed by atoms with van der Waals surface area (Å²) in [5, 5.41) is 2.50. The summed E-state index contributed by atoms with van der Waals surface area (Å²) in [6, 6.07) is 109. The number of nitrogens with zero attached hydrogens (tertiary/aromatic N) is 2. The molecular formula is C80H58N2. The molecule has 0 aliphatic heterocycles. The Morgan fingerprint density at radius 2 is 0.793 bits per heavy atom. The van der Waals surface area contributed by atoms with Gasteiger partial charge in [0.1, 0.15) is 0 Å². The second-order valence-corrected chi connectivity index (χ2v) is 22.2. The maximum Gasteiger partial charge on any atom is 0.0714 e. The highest BCUT2D eigenvalue weighted by atomic mass is 15.1. The molecule has 0 saturated carbocycles. The molecule has 2 nitrogen and oxygen atoms in total. The van der Waals surface area contributed by atoms with Gasteiger partial charge in [0, 0.05) is 38.9 Å². The summed E-state index contributed by atoms with van der Waals surface area (Å²) < 4.78 is 2.47. The van der Waals surface area contributed by atoms with E-state index in [0.717, 1.165) is 52.3 Å². The van der Waals surface area contributed by atoms with E-state index >= 15 is 0 Å². The highest BCUT2D eigenvalue weighted by molar-refractivity contribution is 6.09. The highest BCUT2D eigenvalue weighted by Gasteiger charge is 2.47. The van der Waals surface area contributed by atoms with Crippen LogP contribution in [0, 0.1) is 0 Å². The molecule has 2 heteroatoms. The van der Waals surface area contributed by atoms with Gasteiger partial charge in [0.2, 0.25) is 0 Å². The molecule has 0 saturated heterocycles. The fourth-order valence-electron chi connectivity index (χ4n) is 14.1. The third-order valence-corrected chi connectivity index (χ3v) is 17.8. The van der Waals surface area contributed by atoms with Crippen molar-refractivity contribution in [3.05, 3.63) is 360 Å². The Morgan fingerprint density at radius 1 is 0.341 bits per heavy atom. The first kappa shape index (κ1) is 48.8. The van der Waals surface area contributed by atoms with Crippen molar-refractivity contribution in [3.63, 3.8) is 0 Å². The molecule has 15 rings (SSSR count). The van der Waals surface area contributed by atoms with Crippen molar-refractivity contribution in [3.8, 4) is 39.1 Å². The average Bonchev–Trinajstić information content (AvgIpc) is 3.71. The molecule has 0 radical (unpaired) electrons. The summed E-state index contributed by atoms with van der Waals surface area (Å²) >= 11 is 0. The molecule has 0 fully saturated rings. The van der Waals surface area contributed by atoms with Gasteiger partial charge < -0.3 is 9.47 Å². The zero-order chi connectivity index (χ0) is 54.8. The van der Waals surface area contributed by atoms with Gasteiger partial charge in [0.05, 0.1) is 16.4 Å². The standard InChI is InChI=1S/C80H58N2/c1-3-55-35-39-57(40-36-55)53-79(54-58-41-37-56(4-2)38-42-58)74-50-64(43-46-68(74)69-47-45-66(51-75(69)79)82-77-33-18-15-30-71(77)72-31-16-19-34-78(72)82)81(63-28-20-23-60(49-63)59-21-8-5-9-22-59)65-44-48-70-67-29-14-17-32-73(67)80(76(70)52-65,61-24-10-6-11-25-61)62-26-12-7-13-27-62/h3-52H,1-2,53-54H2. The van der Waals surface area contributed by atoms with Gasteiger partial charge in [-0.05, 0) is 163 Å². The Bertz CT molecular complexity index is 4440. The molecule has 0 spiro atoms. The van der Waals surface area contributed by atoms with E-state index in [-0.39, 0.29) is 0 Å². The first-order chi connectivity index (χ1) is 40.5. The first-order valence-corrected chi connectivity index (χ1v) is 28.5. The number of aromatic nitrogens is 1. The van der Waals surface area contributed by atoms with Gasteiger partial charge in [-0.15, -0.1) is 0 Å². The molecule has 0 unspecified atom stereocenters. The van der Waals surface area contributed by atoms with Gasteiger partial charge in [0.15, 0.2) is 0 Å². The van der Waals surface area contributed by atoms with E-state index in [1.165, 1.54) is 94.1 Å². The molecule has 1 aromatic heterocycles. The third kappa shape index (κ3) is 7.78. The highest BCUT2D eigenvalue weighted by Crippen LogP contribution is 2.59. The lowest BCUT2D eigenvalue weighted by molar-refractivity contribution is 0.520. The van der Waals surface area contributed by atoms with Crippen LogP contribution >= 0.6 is 0 Å². The zero-order valence-corrected chi connectivity index (χ0v) is 45.6. The summed E-state index contributed by atoms with van der Waals surface area (Å²) in [7, 11) is 0. The second kappa shape index (κ2) is 19.8. The van der Waals surface area contributed by atoms with Gasteiger partial charge in [-0.25, -0.2) is 0 Å². The van der Waals surface area contributed by atoms with Crippen LogP contribution in [0.25, 0.3) is 73.0 Å². The quantitative estimate of drug-likeness (QED) is 0.112. The maximum atomic E-state index is 4.14. The smallest absolute Gasteiger partial charge is 0.0714 e. The SMILES string of the molecule is C=Cc1ccc(CC2(Cc3ccc(C=C)cc3)c3cc(N(c4cccc(-c5ccccc5)c4)c4ccc5c(c4)C(c4ccccc4)(c4ccccc4)c4ccccc4-5)ccc3-c3ccc(-n4c5ccccc5c5ccccc54)cc32)cc1. The molecular weight excluding hydrogens is 989 g/mol. The fraction of sp³-hybridized carbons (Fsp3) is 0.0500. The molecule has 82 heavy (non-hydrogen) atoms. The fourth-order valence-corrected chi connectivity index (χ4v) is 14.1. The largest absolute Gasteiger partial charge is 0.310 e. The van der Waals surface area contributed by atoms with Crippen molar-refractivity contribution < 1.29 is 0 Å². The average molecular weight is 1050 g/mol. The normalized spacial score (nSPS) is 13.3. The summed E-state index contributed by atoms with van der Waals surface area (Å²) in [4.78, 5) is 2.52. The van der Waals surface area contributed by atoms with Crippen LogP contribution in [0.4, 0.5) is 17.1 Å². The van der Waals surface area contributed by atoms with Crippen molar-refractivity contribution in [1.29, 1.82) is 0 Å². The Balaban J connectivity index is 0.995. The van der Waals surface area contributed by atoms with E-state index < -0.39 is 10.8 Å². The minimum Gasteiger partial charge on any atom is -0.310 e. The third-order valence-electron chi connectivity index (χ3n) is 17.8. The van der Waals surface area contributed by atoms with Crippen molar-refractivity contribution in [1.82, 2.24) is 4.57 Å². The predicted molar refractivity (Wildman–Crippen MR) is 345 cm³/mol. The van der Waals surface area contributed by atoms with Crippen LogP contribution in [0.2, 0.25) is 0 Å². The Kier molecular flexibility index (Phi) is 11.8. The van der Waals surface area contributed by atoms with Crippen LogP contribution in [0.15, 0.2) is 304 Å². The molecule has 0 amide bonds. The van der Waals surface area contributed by atoms with Gasteiger partial charge >= 0.3 is 0 Å². The zero-order valence-electron chi connectivity index (χ0n) is 45.6. The first-order valence-electron chi connectivity index (χ1n) is 28.5. The molecule has 12 aromatic carbocycles. The number of hydrogen-bond acceptors (Lipinski definition) is 1. The number of fused-ring (bicyclic) bond motifs is 9. The molecule has 2 aliphatic rings. The van der Waals surface area contributed by atoms with E-state index in [1.54, 1.807) is 0 Å². The number of hydrogen-bond donors (Lipinski definition) is 0. The van der Waals surface area contributed by atoms with E-state index in [1.807, 2.05) is 12.2 Å². The van der Waals surface area contributed by atoms with Gasteiger partial charge in [-0.1, -0.05) is 256 Å². The second-order valence-electron chi connectivity index (χ2n) is 22.2. The number of benzene rings is 12. The van der Waals surface area contributed by atoms with Gasteiger partial charge in [-0.2, -0.15) is 0 Å². The topological polar surface area (TPSA) is 8.17 Å². The summed E-state index contributed by atoms with van der Waals surface area (Å²) in [6.45, 7) is 8.27. The summed E-state index contributed by atoms with van der Waals surface area (Å²) in [6.07, 6.45) is 5.41. The van der Waals surface area contributed by atoms with E-state index in [0.29, 0.717) is 0 Å². The Hall–Kier alpha value is -10.3. The van der Waals surface area contributed by atoms with Gasteiger partial charge in [-0.3, -0.25) is 0 Å². The lowest BCUT2D eigenvalue weighted by Gasteiger charge is -2.36. The Labute approximate surface area is 480 Å². The predicted octanol–water partition coefficient (Wildman–Crippen LogP) is 20.3. The minimum absolute atomic E-state index is 0.520. The maximum absolute atomic E-state index is 4.14. The summed E-state index contributed by atoms with van der Waals surface area (Å²) in [5.41, 5.74) is 25.5. The summed E-state index contributed by atoms with van der Waals surface area (Å²) in [5.74, 6) is 0. The molecule has 0 N–H and O–H groups in total. The van der Waals surface area contributed by atoms with Crippen LogP contribution in [0.1, 0.15) is 55.6 Å². The van der Waals surface area contributed by atoms with Crippen molar-refractivity contribution in [2.45, 2.75) is 23.7 Å². The van der Waals surface area contributed by atoms with Crippen LogP contribution in [-0.4, -0.2) is 4.57 Å². The van der Waals surface area contributed by atoms with Crippen LogP contribution in [0.3, 0.4) is 0 Å². The molecule has 0 bridgehead atoms. The van der Waals surface area contributed by atoms with Crippen LogP contribution in [-0.2, 0) is 23.7 Å². The Morgan fingerprint density at radius 3 is 1.38 bits per heavy atom. The molecule has 1 heterocycles. The molecule has 2 aliphatic carbocycles. The van der Waals surface area contributed by atoms with Crippen LogP contribution in [0.5, 0.6) is 0 Å². The van der Waals surface area contributed by atoms with E-state index in [4.69, 9.17) is 0 Å². The van der Waals surface area contributed by atoms with E-state index in [9.17, 15) is 0 Å². The number of para-hydroxylation sites is 2. The molecule has 0 atom stereocenters. The number of rotatable bonds is 13. The monoisotopic (exact) mass is 1050 g/mol. The van der Waals surface area contributed by atoms with Crippen molar-refractivity contribution in [2.75, 3.05) is 4.90 Å². The molecule has 388 valence electrons. The molecule has 13 aromatic rings.